The summed E-state index contributed by atoms with van der Waals surface area (Å²) in [5.41, 5.74) is 4.98. The summed E-state index contributed by atoms with van der Waals surface area (Å²) in [6, 6.07) is 7.28. The summed E-state index contributed by atoms with van der Waals surface area (Å²) in [5, 5.41) is 26.9. The third-order valence-electron chi connectivity index (χ3n) is 4.71. The first-order valence-corrected chi connectivity index (χ1v) is 10.4. The number of rotatable bonds is 4. The molecule has 9 heteroatoms. The second-order valence-electron chi connectivity index (χ2n) is 6.55. The van der Waals surface area contributed by atoms with Gasteiger partial charge in [-0.15, -0.1) is 11.3 Å². The minimum Gasteiger partial charge on any atom is -0.506 e. The van der Waals surface area contributed by atoms with Crippen molar-refractivity contribution < 1.29 is 15.0 Å². The highest BCUT2D eigenvalue weighted by Gasteiger charge is 2.25. The van der Waals surface area contributed by atoms with Crippen LogP contribution < -0.4 is 5.43 Å². The smallest absolute Gasteiger partial charge is 0.306 e. The molecule has 1 aliphatic rings. The summed E-state index contributed by atoms with van der Waals surface area (Å²) in [6.07, 6.45) is 1.13. The molecule has 1 aliphatic heterocycles. The van der Waals surface area contributed by atoms with Crippen molar-refractivity contribution in [3.63, 3.8) is 0 Å². The van der Waals surface area contributed by atoms with Gasteiger partial charge < -0.3 is 15.1 Å². The molecule has 0 bridgehead atoms. The highest BCUT2D eigenvalue weighted by molar-refractivity contribution is 7.80. The third-order valence-corrected chi connectivity index (χ3v) is 6.33. The summed E-state index contributed by atoms with van der Waals surface area (Å²) in [4.78, 5) is 13.7. The molecule has 0 atom stereocenters. The van der Waals surface area contributed by atoms with Gasteiger partial charge in [-0.3, -0.25) is 10.2 Å². The number of nitrogens with zero attached hydrogens (tertiary/aromatic N) is 2. The van der Waals surface area contributed by atoms with Crippen molar-refractivity contribution in [1.29, 1.82) is 0 Å². The maximum Gasteiger partial charge on any atom is 0.306 e. The maximum absolute atomic E-state index is 11.0. The van der Waals surface area contributed by atoms with Gasteiger partial charge in [0.1, 0.15) is 5.75 Å². The molecule has 148 valence electrons. The van der Waals surface area contributed by atoms with Gasteiger partial charge in [-0.2, -0.15) is 5.10 Å². The third kappa shape index (κ3) is 4.63. The van der Waals surface area contributed by atoms with E-state index in [1.807, 2.05) is 22.4 Å². The number of hydrogen-bond acceptors (Lipinski definition) is 5. The van der Waals surface area contributed by atoms with Crippen LogP contribution in [0.4, 0.5) is 0 Å². The van der Waals surface area contributed by atoms with Crippen LogP contribution in [0.2, 0.25) is 5.02 Å². The van der Waals surface area contributed by atoms with Gasteiger partial charge in [0.2, 0.25) is 0 Å². The van der Waals surface area contributed by atoms with Crippen molar-refractivity contribution in [2.24, 2.45) is 11.0 Å². The van der Waals surface area contributed by atoms with E-state index in [4.69, 9.17) is 28.9 Å². The Bertz CT molecular complexity index is 904. The highest BCUT2D eigenvalue weighted by Crippen LogP contribution is 2.39. The summed E-state index contributed by atoms with van der Waals surface area (Å²) in [7, 11) is 0. The minimum absolute atomic E-state index is 0.170. The van der Waals surface area contributed by atoms with Gasteiger partial charge >= 0.3 is 5.97 Å². The molecule has 0 unspecified atom stereocenters. The molecule has 1 aromatic carbocycles. The van der Waals surface area contributed by atoms with Gasteiger partial charge in [0.25, 0.3) is 0 Å². The minimum atomic E-state index is -0.753. The van der Waals surface area contributed by atoms with Crippen LogP contribution in [-0.4, -0.2) is 45.0 Å². The zero-order chi connectivity index (χ0) is 20.3. The van der Waals surface area contributed by atoms with Crippen LogP contribution in [0.3, 0.4) is 0 Å². The van der Waals surface area contributed by atoms with E-state index in [0.717, 1.165) is 10.4 Å². The van der Waals surface area contributed by atoms with Crippen molar-refractivity contribution in [1.82, 2.24) is 10.3 Å². The van der Waals surface area contributed by atoms with Gasteiger partial charge in [0.15, 0.2) is 5.11 Å². The topological polar surface area (TPSA) is 85.2 Å². The van der Waals surface area contributed by atoms with E-state index >= 15 is 0 Å². The predicted molar refractivity (Wildman–Crippen MR) is 116 cm³/mol. The van der Waals surface area contributed by atoms with E-state index in [1.54, 1.807) is 19.1 Å². The fourth-order valence-electron chi connectivity index (χ4n) is 3.01. The van der Waals surface area contributed by atoms with Crippen LogP contribution in [0, 0.1) is 5.92 Å². The van der Waals surface area contributed by atoms with Crippen LogP contribution in [0.15, 0.2) is 34.7 Å². The number of aromatic hydroxyl groups is 1. The number of hydrogen-bond donors (Lipinski definition) is 3. The van der Waals surface area contributed by atoms with Gasteiger partial charge in [-0.1, -0.05) is 23.7 Å². The fraction of sp³-hybridized carbons (Fsp3) is 0.316. The second-order valence-corrected chi connectivity index (χ2v) is 8.25. The molecular formula is C19H20ClN3O3S2. The predicted octanol–water partition coefficient (Wildman–Crippen LogP) is 4.17. The zero-order valence-electron chi connectivity index (χ0n) is 15.2. The first kappa shape index (κ1) is 20.6. The average molecular weight is 438 g/mol. The van der Waals surface area contributed by atoms with Crippen LogP contribution in [0.25, 0.3) is 10.4 Å². The Kier molecular flexibility index (Phi) is 6.53. The van der Waals surface area contributed by atoms with Gasteiger partial charge in [-0.05, 0) is 49.7 Å². The van der Waals surface area contributed by atoms with Crippen molar-refractivity contribution in [3.8, 4) is 16.2 Å². The number of aliphatic carboxylic acids is 1. The number of carbonyl (C=O) groups is 1. The number of hydrazone groups is 1. The lowest BCUT2D eigenvalue weighted by Gasteiger charge is -2.31. The molecule has 1 aromatic heterocycles. The fourth-order valence-corrected chi connectivity index (χ4v) is 4.37. The molecule has 1 saturated heterocycles. The number of likely N-dealkylation sites (tertiary alicyclic amines) is 1. The normalized spacial score (nSPS) is 15.5. The summed E-state index contributed by atoms with van der Waals surface area (Å²) >= 11 is 12.7. The lowest BCUT2D eigenvalue weighted by molar-refractivity contribution is -0.143. The molecule has 28 heavy (non-hydrogen) atoms. The van der Waals surface area contributed by atoms with E-state index in [-0.39, 0.29) is 11.7 Å². The molecule has 1 fully saturated rings. The SMILES string of the molecule is CC(=NNC(=S)N1CCC(C(=O)O)CC1)c1csc(-c2ccc(Cl)cc2)c1O. The van der Waals surface area contributed by atoms with Gasteiger partial charge in [0.05, 0.1) is 22.1 Å². The first-order chi connectivity index (χ1) is 13.4. The van der Waals surface area contributed by atoms with E-state index in [0.29, 0.717) is 47.3 Å². The van der Waals surface area contributed by atoms with Crippen LogP contribution in [-0.2, 0) is 4.79 Å². The standard InChI is InChI=1S/C19H20ClN3O3S2/c1-11(21-22-19(27)23-8-6-13(7-9-23)18(25)26)15-10-28-17(16(15)24)12-2-4-14(20)5-3-12/h2-5,10,13,24H,6-9H2,1H3,(H,22,27)(H,25,26). The Labute approximate surface area is 177 Å². The number of thiophene rings is 1. The number of piperidine rings is 1. The van der Waals surface area contributed by atoms with E-state index in [2.05, 4.69) is 10.5 Å². The van der Waals surface area contributed by atoms with Crippen LogP contribution in [0.5, 0.6) is 5.75 Å². The monoisotopic (exact) mass is 437 g/mol. The Morgan fingerprint density at radius 1 is 1.32 bits per heavy atom. The van der Waals surface area contributed by atoms with Gasteiger partial charge in [0, 0.05) is 23.5 Å². The second kappa shape index (κ2) is 8.89. The molecule has 0 radical (unpaired) electrons. The molecule has 3 rings (SSSR count). The number of carboxylic acids is 1. The van der Waals surface area contributed by atoms with E-state index < -0.39 is 5.97 Å². The zero-order valence-corrected chi connectivity index (χ0v) is 17.6. The molecule has 2 aromatic rings. The van der Waals surface area contributed by atoms with Crippen molar-refractivity contribution >= 4 is 51.9 Å². The number of benzene rings is 1. The Hall–Kier alpha value is -2.16. The largest absolute Gasteiger partial charge is 0.506 e. The molecular weight excluding hydrogens is 418 g/mol. The molecule has 0 aliphatic carbocycles. The van der Waals surface area contributed by atoms with Gasteiger partial charge in [-0.25, -0.2) is 0 Å². The summed E-state index contributed by atoms with van der Waals surface area (Å²) < 4.78 is 0. The van der Waals surface area contributed by atoms with E-state index in [9.17, 15) is 9.90 Å². The number of thiocarbonyl (C=S) groups is 1. The molecule has 0 spiro atoms. The lowest BCUT2D eigenvalue weighted by Crippen LogP contribution is -2.44. The van der Waals surface area contributed by atoms with Crippen molar-refractivity contribution in [2.75, 3.05) is 13.1 Å². The summed E-state index contributed by atoms with van der Waals surface area (Å²) in [6.45, 7) is 2.96. The maximum atomic E-state index is 11.0. The van der Waals surface area contributed by atoms with Crippen molar-refractivity contribution in [2.45, 2.75) is 19.8 Å². The molecule has 0 saturated carbocycles. The first-order valence-electron chi connectivity index (χ1n) is 8.75. The molecule has 6 nitrogen and oxygen atoms in total. The Morgan fingerprint density at radius 2 is 1.96 bits per heavy atom. The number of halogens is 1. The molecule has 2 heterocycles. The summed E-state index contributed by atoms with van der Waals surface area (Å²) in [5.74, 6) is -0.890. The highest BCUT2D eigenvalue weighted by atomic mass is 35.5. The Morgan fingerprint density at radius 3 is 2.57 bits per heavy atom. The number of carboxylic acid groups (broad SMARTS) is 1. The van der Waals surface area contributed by atoms with E-state index in [1.165, 1.54) is 11.3 Å². The Balaban J connectivity index is 1.65. The van der Waals surface area contributed by atoms with Crippen LogP contribution in [0.1, 0.15) is 25.3 Å². The quantitative estimate of drug-likeness (QED) is 0.378. The van der Waals surface area contributed by atoms with Crippen molar-refractivity contribution in [3.05, 3.63) is 40.2 Å². The average Bonchev–Trinajstić information content (AvgIpc) is 3.08. The number of nitrogens with one attached hydrogen (secondary N) is 1. The van der Waals surface area contributed by atoms with Crippen LogP contribution >= 0.6 is 35.2 Å². The molecule has 0 amide bonds. The lowest BCUT2D eigenvalue weighted by atomic mass is 9.97. The molecule has 3 N–H and O–H groups in total.